The van der Waals surface area contributed by atoms with E-state index in [0.717, 1.165) is 0 Å². The van der Waals surface area contributed by atoms with Crippen LogP contribution in [-0.4, -0.2) is 28.6 Å². The van der Waals surface area contributed by atoms with Gasteiger partial charge in [0.1, 0.15) is 5.69 Å². The molecular formula is C18H14ClN3O4. The Kier molecular flexibility index (Phi) is 5.28. The highest BCUT2D eigenvalue weighted by atomic mass is 35.5. The van der Waals surface area contributed by atoms with Gasteiger partial charge in [0.05, 0.1) is 6.61 Å². The number of nitrogens with one attached hydrogen (secondary N) is 1. The number of halogens is 1. The first-order chi connectivity index (χ1) is 12.6. The zero-order chi connectivity index (χ0) is 18.5. The molecule has 0 saturated heterocycles. The van der Waals surface area contributed by atoms with Gasteiger partial charge in [0.25, 0.3) is 5.91 Å². The molecule has 1 aromatic carbocycles. The zero-order valence-corrected chi connectivity index (χ0v) is 14.5. The lowest BCUT2D eigenvalue weighted by molar-refractivity contribution is 0.0528. The summed E-state index contributed by atoms with van der Waals surface area (Å²) in [6.45, 7) is 1.85. The molecule has 0 saturated carbocycles. The third-order valence-electron chi connectivity index (χ3n) is 3.46. The number of anilines is 1. The molecule has 26 heavy (non-hydrogen) atoms. The molecule has 0 fully saturated rings. The number of carbonyl (C=O) groups is 2. The number of benzene rings is 1. The molecule has 0 aliphatic heterocycles. The summed E-state index contributed by atoms with van der Waals surface area (Å²) in [6.07, 6.45) is 2.97. The molecule has 7 nitrogen and oxygen atoms in total. The summed E-state index contributed by atoms with van der Waals surface area (Å²) in [5.74, 6) is -1.20. The first-order valence-corrected chi connectivity index (χ1v) is 8.12. The second-order valence-electron chi connectivity index (χ2n) is 5.15. The molecule has 1 amide bonds. The Morgan fingerprint density at radius 2 is 1.85 bits per heavy atom. The van der Waals surface area contributed by atoms with Crippen molar-refractivity contribution in [3.05, 3.63) is 64.9 Å². The van der Waals surface area contributed by atoms with E-state index in [2.05, 4.69) is 15.5 Å². The summed E-state index contributed by atoms with van der Waals surface area (Å²) in [5, 5.41) is 7.01. The molecule has 0 radical (unpaired) electrons. The van der Waals surface area contributed by atoms with Crippen molar-refractivity contribution < 1.29 is 18.8 Å². The van der Waals surface area contributed by atoms with E-state index in [1.807, 2.05) is 0 Å². The molecule has 0 unspecified atom stereocenters. The van der Waals surface area contributed by atoms with Gasteiger partial charge in [-0.25, -0.2) is 4.79 Å². The SMILES string of the molecule is CCOC(=O)c1c(-c2ccc(Cl)cc2)noc1NC(=O)c1ccncc1. The van der Waals surface area contributed by atoms with Crippen LogP contribution in [0.15, 0.2) is 53.3 Å². The van der Waals surface area contributed by atoms with Crippen molar-refractivity contribution in [2.75, 3.05) is 11.9 Å². The number of amides is 1. The van der Waals surface area contributed by atoms with Crippen molar-refractivity contribution in [2.45, 2.75) is 6.92 Å². The minimum absolute atomic E-state index is 0.0385. The van der Waals surface area contributed by atoms with Crippen molar-refractivity contribution in [1.29, 1.82) is 0 Å². The first kappa shape index (κ1) is 17.6. The van der Waals surface area contributed by atoms with E-state index < -0.39 is 11.9 Å². The lowest BCUT2D eigenvalue weighted by atomic mass is 10.1. The number of rotatable bonds is 5. The van der Waals surface area contributed by atoms with Gasteiger partial charge in [0.2, 0.25) is 5.88 Å². The minimum atomic E-state index is -0.649. The standard InChI is InChI=1S/C18H14ClN3O4/c1-2-25-18(24)14-15(11-3-5-13(19)6-4-11)22-26-17(14)21-16(23)12-7-9-20-10-8-12/h3-10H,2H2,1H3,(H,21,23). The van der Waals surface area contributed by atoms with Gasteiger partial charge in [-0.05, 0) is 31.2 Å². The van der Waals surface area contributed by atoms with Crippen molar-refractivity contribution in [3.8, 4) is 11.3 Å². The fourth-order valence-corrected chi connectivity index (χ4v) is 2.38. The predicted octanol–water partition coefficient (Wildman–Crippen LogP) is 3.82. The number of esters is 1. The summed E-state index contributed by atoms with van der Waals surface area (Å²) in [5.41, 5.74) is 1.26. The van der Waals surface area contributed by atoms with Gasteiger partial charge in [0, 0.05) is 28.5 Å². The quantitative estimate of drug-likeness (QED) is 0.685. The number of hydrogen-bond acceptors (Lipinski definition) is 6. The monoisotopic (exact) mass is 371 g/mol. The van der Waals surface area contributed by atoms with Crippen LogP contribution in [-0.2, 0) is 4.74 Å². The maximum Gasteiger partial charge on any atom is 0.346 e. The average Bonchev–Trinajstić information content (AvgIpc) is 3.07. The molecule has 3 rings (SSSR count). The van der Waals surface area contributed by atoms with Gasteiger partial charge in [-0.15, -0.1) is 0 Å². The van der Waals surface area contributed by atoms with E-state index in [-0.39, 0.29) is 23.7 Å². The molecule has 132 valence electrons. The van der Waals surface area contributed by atoms with Gasteiger partial charge >= 0.3 is 5.97 Å². The van der Waals surface area contributed by atoms with Gasteiger partial charge in [-0.3, -0.25) is 15.1 Å². The Balaban J connectivity index is 1.98. The Morgan fingerprint density at radius 1 is 1.15 bits per heavy atom. The second-order valence-corrected chi connectivity index (χ2v) is 5.59. The van der Waals surface area contributed by atoms with Crippen LogP contribution in [0.5, 0.6) is 0 Å². The average molecular weight is 372 g/mol. The largest absolute Gasteiger partial charge is 0.462 e. The van der Waals surface area contributed by atoms with Crippen molar-refractivity contribution in [2.24, 2.45) is 0 Å². The number of pyridine rings is 1. The highest BCUT2D eigenvalue weighted by molar-refractivity contribution is 6.30. The number of nitrogens with zero attached hydrogens (tertiary/aromatic N) is 2. The van der Waals surface area contributed by atoms with Crippen LogP contribution in [0.25, 0.3) is 11.3 Å². The second kappa shape index (κ2) is 7.79. The van der Waals surface area contributed by atoms with Crippen LogP contribution < -0.4 is 5.32 Å². The Hall–Kier alpha value is -3.19. The molecule has 8 heteroatoms. The third-order valence-corrected chi connectivity index (χ3v) is 3.71. The van der Waals surface area contributed by atoms with E-state index >= 15 is 0 Å². The van der Waals surface area contributed by atoms with E-state index in [0.29, 0.717) is 16.1 Å². The van der Waals surface area contributed by atoms with Crippen molar-refractivity contribution in [1.82, 2.24) is 10.1 Å². The molecule has 1 N–H and O–H groups in total. The van der Waals surface area contributed by atoms with Crippen LogP contribution >= 0.6 is 11.6 Å². The molecule has 2 heterocycles. The topological polar surface area (TPSA) is 94.3 Å². The molecule has 0 aliphatic rings. The number of carbonyl (C=O) groups excluding carboxylic acids is 2. The van der Waals surface area contributed by atoms with Crippen molar-refractivity contribution in [3.63, 3.8) is 0 Å². The van der Waals surface area contributed by atoms with Gasteiger partial charge in [-0.1, -0.05) is 28.9 Å². The molecule has 3 aromatic rings. The molecule has 0 aliphatic carbocycles. The fourth-order valence-electron chi connectivity index (χ4n) is 2.25. The van der Waals surface area contributed by atoms with Crippen LogP contribution in [0.2, 0.25) is 5.02 Å². The molecule has 0 bridgehead atoms. The number of ether oxygens (including phenoxy) is 1. The Labute approximate surface area is 153 Å². The van der Waals surface area contributed by atoms with Gasteiger partial charge < -0.3 is 9.26 Å². The molecule has 0 atom stereocenters. The van der Waals surface area contributed by atoms with Crippen LogP contribution in [0, 0.1) is 0 Å². The Bertz CT molecular complexity index is 923. The van der Waals surface area contributed by atoms with Crippen molar-refractivity contribution >= 4 is 29.4 Å². The smallest absolute Gasteiger partial charge is 0.346 e. The van der Waals surface area contributed by atoms with E-state index in [1.54, 1.807) is 31.2 Å². The molecule has 0 spiro atoms. The summed E-state index contributed by atoms with van der Waals surface area (Å²) < 4.78 is 10.3. The maximum atomic E-state index is 12.4. The zero-order valence-electron chi connectivity index (χ0n) is 13.7. The fraction of sp³-hybridized carbons (Fsp3) is 0.111. The van der Waals surface area contributed by atoms with Crippen LogP contribution in [0.4, 0.5) is 5.88 Å². The van der Waals surface area contributed by atoms with Gasteiger partial charge in [-0.2, -0.15) is 0 Å². The minimum Gasteiger partial charge on any atom is -0.462 e. The normalized spacial score (nSPS) is 10.4. The lowest BCUT2D eigenvalue weighted by Crippen LogP contribution is -2.15. The lowest BCUT2D eigenvalue weighted by Gasteiger charge is -2.05. The Morgan fingerprint density at radius 3 is 2.50 bits per heavy atom. The number of hydrogen-bond donors (Lipinski definition) is 1. The third kappa shape index (κ3) is 3.73. The first-order valence-electron chi connectivity index (χ1n) is 7.74. The summed E-state index contributed by atoms with van der Waals surface area (Å²) in [6, 6.07) is 9.78. The molecule has 2 aromatic heterocycles. The summed E-state index contributed by atoms with van der Waals surface area (Å²) in [4.78, 5) is 28.6. The van der Waals surface area contributed by atoms with Gasteiger partial charge in [0.15, 0.2) is 5.56 Å². The van der Waals surface area contributed by atoms with E-state index in [4.69, 9.17) is 20.9 Å². The molecular weight excluding hydrogens is 358 g/mol. The van der Waals surface area contributed by atoms with E-state index in [1.165, 1.54) is 24.5 Å². The number of aromatic nitrogens is 2. The van der Waals surface area contributed by atoms with Crippen LogP contribution in [0.3, 0.4) is 0 Å². The van der Waals surface area contributed by atoms with Crippen LogP contribution in [0.1, 0.15) is 27.6 Å². The van der Waals surface area contributed by atoms with E-state index in [9.17, 15) is 9.59 Å². The summed E-state index contributed by atoms with van der Waals surface area (Å²) >= 11 is 5.90. The highest BCUT2D eigenvalue weighted by Gasteiger charge is 2.26. The summed E-state index contributed by atoms with van der Waals surface area (Å²) in [7, 11) is 0. The maximum absolute atomic E-state index is 12.4. The highest BCUT2D eigenvalue weighted by Crippen LogP contribution is 2.30. The predicted molar refractivity (Wildman–Crippen MR) is 95.1 cm³/mol.